The molecule has 0 saturated heterocycles. The van der Waals surface area contributed by atoms with E-state index in [1.807, 2.05) is 18.2 Å². The number of nitrogens with zero attached hydrogens (tertiary/aromatic N) is 1. The first-order valence-corrected chi connectivity index (χ1v) is 6.63. The van der Waals surface area contributed by atoms with Crippen LogP contribution in [0.4, 0.5) is 0 Å². The van der Waals surface area contributed by atoms with Crippen molar-refractivity contribution < 1.29 is 14.3 Å². The molecule has 1 rings (SSSR count). The van der Waals surface area contributed by atoms with Crippen molar-refractivity contribution in [1.29, 1.82) is 0 Å². The molecular formula is C16H23NO3. The van der Waals surface area contributed by atoms with E-state index < -0.39 is 0 Å². The van der Waals surface area contributed by atoms with Crippen molar-refractivity contribution in [2.75, 3.05) is 27.8 Å². The van der Waals surface area contributed by atoms with Gasteiger partial charge in [-0.15, -0.1) is 0 Å². The number of ether oxygens (including phenoxy) is 2. The number of hydrogen-bond donors (Lipinski definition) is 0. The first kappa shape index (κ1) is 16.1. The fraction of sp³-hybridized carbons (Fsp3) is 0.438. The molecule has 0 fully saturated rings. The molecule has 0 bridgehead atoms. The Morgan fingerprint density at radius 1 is 1.25 bits per heavy atom. The zero-order valence-electron chi connectivity index (χ0n) is 12.8. The standard InChI is InChI=1S/C16H23NO3/c1-12(2)11-17(3)16(18)9-7-13-6-8-14(19-4)15(10-13)20-5/h6-10,12H,11H2,1-5H3/b9-7+. The molecule has 0 unspecified atom stereocenters. The smallest absolute Gasteiger partial charge is 0.246 e. The Labute approximate surface area is 121 Å². The van der Waals surface area contributed by atoms with Gasteiger partial charge in [0, 0.05) is 19.7 Å². The van der Waals surface area contributed by atoms with Crippen LogP contribution >= 0.6 is 0 Å². The summed E-state index contributed by atoms with van der Waals surface area (Å²) in [6, 6.07) is 5.54. The van der Waals surface area contributed by atoms with Crippen molar-refractivity contribution in [2.24, 2.45) is 5.92 Å². The average molecular weight is 277 g/mol. The summed E-state index contributed by atoms with van der Waals surface area (Å²) in [5.41, 5.74) is 0.897. The number of hydrogen-bond acceptors (Lipinski definition) is 3. The molecule has 1 aromatic rings. The number of benzene rings is 1. The first-order valence-electron chi connectivity index (χ1n) is 6.63. The van der Waals surface area contributed by atoms with Gasteiger partial charge in [0.2, 0.25) is 5.91 Å². The molecule has 4 nitrogen and oxygen atoms in total. The summed E-state index contributed by atoms with van der Waals surface area (Å²) >= 11 is 0. The third kappa shape index (κ3) is 4.61. The maximum absolute atomic E-state index is 11.9. The lowest BCUT2D eigenvalue weighted by Gasteiger charge is -2.17. The highest BCUT2D eigenvalue weighted by molar-refractivity contribution is 5.91. The number of carbonyl (C=O) groups excluding carboxylic acids is 1. The van der Waals surface area contributed by atoms with Crippen molar-refractivity contribution in [2.45, 2.75) is 13.8 Å². The Hall–Kier alpha value is -1.97. The summed E-state index contributed by atoms with van der Waals surface area (Å²) in [5.74, 6) is 1.78. The molecule has 0 radical (unpaired) electrons. The summed E-state index contributed by atoms with van der Waals surface area (Å²) < 4.78 is 10.4. The van der Waals surface area contributed by atoms with Gasteiger partial charge in [0.1, 0.15) is 0 Å². The van der Waals surface area contributed by atoms with Crippen molar-refractivity contribution in [3.05, 3.63) is 29.8 Å². The summed E-state index contributed by atoms with van der Waals surface area (Å²) in [4.78, 5) is 13.6. The van der Waals surface area contributed by atoms with E-state index in [0.717, 1.165) is 12.1 Å². The molecule has 110 valence electrons. The minimum atomic E-state index is -0.00603. The van der Waals surface area contributed by atoms with Gasteiger partial charge < -0.3 is 14.4 Å². The van der Waals surface area contributed by atoms with Gasteiger partial charge in [0.25, 0.3) is 0 Å². The molecule has 20 heavy (non-hydrogen) atoms. The van der Waals surface area contributed by atoms with E-state index in [2.05, 4.69) is 13.8 Å². The van der Waals surface area contributed by atoms with E-state index in [1.54, 1.807) is 38.3 Å². The van der Waals surface area contributed by atoms with E-state index in [1.165, 1.54) is 0 Å². The molecule has 1 aromatic carbocycles. The van der Waals surface area contributed by atoms with E-state index >= 15 is 0 Å². The van der Waals surface area contributed by atoms with Crippen LogP contribution in [0.25, 0.3) is 6.08 Å². The maximum Gasteiger partial charge on any atom is 0.246 e. The van der Waals surface area contributed by atoms with Crippen molar-refractivity contribution in [3.63, 3.8) is 0 Å². The van der Waals surface area contributed by atoms with Crippen LogP contribution in [0, 0.1) is 5.92 Å². The van der Waals surface area contributed by atoms with Crippen LogP contribution in [0.2, 0.25) is 0 Å². The van der Waals surface area contributed by atoms with Gasteiger partial charge in [-0.05, 0) is 29.7 Å². The van der Waals surface area contributed by atoms with Gasteiger partial charge in [0.05, 0.1) is 14.2 Å². The summed E-state index contributed by atoms with van der Waals surface area (Å²) in [6.45, 7) is 4.92. The highest BCUT2D eigenvalue weighted by Gasteiger charge is 2.07. The number of rotatable bonds is 6. The predicted molar refractivity (Wildman–Crippen MR) is 81.1 cm³/mol. The average Bonchev–Trinajstić information content (AvgIpc) is 2.43. The van der Waals surface area contributed by atoms with Gasteiger partial charge in [-0.1, -0.05) is 19.9 Å². The van der Waals surface area contributed by atoms with Gasteiger partial charge in [-0.3, -0.25) is 4.79 Å². The van der Waals surface area contributed by atoms with E-state index in [9.17, 15) is 4.79 Å². The number of likely N-dealkylation sites (N-methyl/N-ethyl adjacent to an activating group) is 1. The number of carbonyl (C=O) groups is 1. The fourth-order valence-electron chi connectivity index (χ4n) is 1.89. The molecule has 1 amide bonds. The van der Waals surface area contributed by atoms with Crippen LogP contribution in [0.15, 0.2) is 24.3 Å². The lowest BCUT2D eigenvalue weighted by Crippen LogP contribution is -2.28. The van der Waals surface area contributed by atoms with E-state index in [4.69, 9.17) is 9.47 Å². The predicted octanol–water partition coefficient (Wildman–Crippen LogP) is 2.83. The second kappa shape index (κ2) is 7.58. The quantitative estimate of drug-likeness (QED) is 0.751. The topological polar surface area (TPSA) is 38.8 Å². The van der Waals surface area contributed by atoms with Gasteiger partial charge in [0.15, 0.2) is 11.5 Å². The normalized spacial score (nSPS) is 10.9. The molecule has 0 spiro atoms. The first-order chi connectivity index (χ1) is 9.47. The van der Waals surface area contributed by atoms with Crippen molar-refractivity contribution >= 4 is 12.0 Å². The Morgan fingerprint density at radius 3 is 2.45 bits per heavy atom. The zero-order chi connectivity index (χ0) is 15.1. The minimum absolute atomic E-state index is 0.00603. The third-order valence-electron chi connectivity index (χ3n) is 2.84. The highest BCUT2D eigenvalue weighted by Crippen LogP contribution is 2.27. The second-order valence-corrected chi connectivity index (χ2v) is 5.06. The Bertz CT molecular complexity index is 481. The summed E-state index contributed by atoms with van der Waals surface area (Å²) in [5, 5.41) is 0. The minimum Gasteiger partial charge on any atom is -0.493 e. The van der Waals surface area contributed by atoms with Gasteiger partial charge in [-0.25, -0.2) is 0 Å². The van der Waals surface area contributed by atoms with E-state index in [-0.39, 0.29) is 5.91 Å². The van der Waals surface area contributed by atoms with Crippen LogP contribution in [-0.4, -0.2) is 38.6 Å². The molecule has 4 heteroatoms. The summed E-state index contributed by atoms with van der Waals surface area (Å²) in [7, 11) is 4.99. The Morgan fingerprint density at radius 2 is 1.90 bits per heavy atom. The lowest BCUT2D eigenvalue weighted by atomic mass is 10.1. The Kier molecular flexibility index (Phi) is 6.10. The van der Waals surface area contributed by atoms with Crippen LogP contribution in [0.1, 0.15) is 19.4 Å². The Balaban J connectivity index is 2.77. The molecular weight excluding hydrogens is 254 g/mol. The van der Waals surface area contributed by atoms with Crippen molar-refractivity contribution in [1.82, 2.24) is 4.90 Å². The molecule has 0 aliphatic rings. The van der Waals surface area contributed by atoms with Crippen LogP contribution in [0.5, 0.6) is 11.5 Å². The maximum atomic E-state index is 11.9. The fourth-order valence-corrected chi connectivity index (χ4v) is 1.89. The second-order valence-electron chi connectivity index (χ2n) is 5.06. The molecule has 0 aliphatic carbocycles. The summed E-state index contributed by atoms with van der Waals surface area (Å²) in [6.07, 6.45) is 3.35. The highest BCUT2D eigenvalue weighted by atomic mass is 16.5. The van der Waals surface area contributed by atoms with Gasteiger partial charge >= 0.3 is 0 Å². The number of amides is 1. The zero-order valence-corrected chi connectivity index (χ0v) is 12.8. The monoisotopic (exact) mass is 277 g/mol. The number of methoxy groups -OCH3 is 2. The van der Waals surface area contributed by atoms with Crippen LogP contribution < -0.4 is 9.47 Å². The van der Waals surface area contributed by atoms with Crippen LogP contribution in [0.3, 0.4) is 0 Å². The SMILES string of the molecule is COc1ccc(/C=C/C(=O)N(C)CC(C)C)cc1OC. The van der Waals surface area contributed by atoms with Crippen LogP contribution in [-0.2, 0) is 4.79 Å². The molecule has 0 N–H and O–H groups in total. The molecule has 0 aromatic heterocycles. The largest absolute Gasteiger partial charge is 0.493 e. The molecule has 0 aliphatic heterocycles. The van der Waals surface area contributed by atoms with Crippen molar-refractivity contribution in [3.8, 4) is 11.5 Å². The molecule has 0 heterocycles. The third-order valence-corrected chi connectivity index (χ3v) is 2.84. The van der Waals surface area contributed by atoms with E-state index in [0.29, 0.717) is 17.4 Å². The lowest BCUT2D eigenvalue weighted by molar-refractivity contribution is -0.125. The molecule has 0 saturated carbocycles. The molecule has 0 atom stereocenters. The van der Waals surface area contributed by atoms with Gasteiger partial charge in [-0.2, -0.15) is 0 Å².